The second kappa shape index (κ2) is 6.81. The number of rotatable bonds is 5. The number of thioether (sulfide) groups is 1. The number of nitrogens with one attached hydrogen (secondary N) is 1. The summed E-state index contributed by atoms with van der Waals surface area (Å²) in [6.07, 6.45) is 2.51. The van der Waals surface area contributed by atoms with E-state index in [0.717, 1.165) is 18.9 Å². The Balaban J connectivity index is 2.04. The third-order valence-electron chi connectivity index (χ3n) is 3.40. The quantitative estimate of drug-likeness (QED) is 0.889. The molecule has 1 N–H and O–H groups in total. The molecule has 1 fully saturated rings. The van der Waals surface area contributed by atoms with Crippen molar-refractivity contribution in [3.8, 4) is 0 Å². The van der Waals surface area contributed by atoms with Crippen LogP contribution < -0.4 is 5.32 Å². The van der Waals surface area contributed by atoms with Gasteiger partial charge in [-0.3, -0.25) is 0 Å². The summed E-state index contributed by atoms with van der Waals surface area (Å²) >= 11 is 5.75. The minimum absolute atomic E-state index is 0.633. The summed E-state index contributed by atoms with van der Waals surface area (Å²) in [4.78, 5) is 0. The van der Waals surface area contributed by atoms with Gasteiger partial charge in [0.25, 0.3) is 0 Å². The average Bonchev–Trinajstić information content (AvgIpc) is 2.85. The first kappa shape index (κ1) is 13.4. The highest BCUT2D eigenvalue weighted by Gasteiger charge is 2.25. The zero-order chi connectivity index (χ0) is 12.1. The Bertz CT molecular complexity index is 350. The molecular weight excluding hydrogens is 294 g/mol. The summed E-state index contributed by atoms with van der Waals surface area (Å²) in [5, 5.41) is 3.67. The zero-order valence-electron chi connectivity index (χ0n) is 10.3. The van der Waals surface area contributed by atoms with Gasteiger partial charge in [-0.2, -0.15) is 11.8 Å². The van der Waals surface area contributed by atoms with Crippen LogP contribution in [0.3, 0.4) is 0 Å². The molecular formula is C14H20BrNS. The van der Waals surface area contributed by atoms with Crippen LogP contribution in [0.15, 0.2) is 28.7 Å². The molecule has 1 heterocycles. The lowest BCUT2D eigenvalue weighted by Crippen LogP contribution is -2.38. The van der Waals surface area contributed by atoms with Crippen molar-refractivity contribution in [3.63, 3.8) is 0 Å². The van der Waals surface area contributed by atoms with Crippen molar-refractivity contribution in [3.05, 3.63) is 34.3 Å². The molecule has 3 heteroatoms. The van der Waals surface area contributed by atoms with Gasteiger partial charge in [-0.1, -0.05) is 41.1 Å². The summed E-state index contributed by atoms with van der Waals surface area (Å²) in [5.74, 6) is 3.50. The molecule has 1 aliphatic rings. The Kier molecular flexibility index (Phi) is 5.39. The molecule has 2 rings (SSSR count). The Hall–Kier alpha value is 0.01000. The van der Waals surface area contributed by atoms with E-state index in [1.807, 2.05) is 0 Å². The Morgan fingerprint density at radius 2 is 2.29 bits per heavy atom. The van der Waals surface area contributed by atoms with Gasteiger partial charge in [0, 0.05) is 10.5 Å². The summed E-state index contributed by atoms with van der Waals surface area (Å²) in [6, 6.07) is 9.22. The normalized spacial score (nSPS) is 21.6. The SMILES string of the molecule is CCNC(Cc1ccccc1Br)C1CCSC1. The minimum atomic E-state index is 0.633. The monoisotopic (exact) mass is 313 g/mol. The summed E-state index contributed by atoms with van der Waals surface area (Å²) in [5.41, 5.74) is 1.43. The molecule has 0 radical (unpaired) electrons. The Morgan fingerprint density at radius 1 is 1.47 bits per heavy atom. The lowest BCUT2D eigenvalue weighted by atomic mass is 9.93. The van der Waals surface area contributed by atoms with Crippen molar-refractivity contribution >= 4 is 27.7 Å². The van der Waals surface area contributed by atoms with Gasteiger partial charge in [0.05, 0.1) is 0 Å². The second-order valence-electron chi connectivity index (χ2n) is 4.58. The predicted molar refractivity (Wildman–Crippen MR) is 80.7 cm³/mol. The van der Waals surface area contributed by atoms with E-state index in [0.29, 0.717) is 6.04 Å². The highest BCUT2D eigenvalue weighted by atomic mass is 79.9. The number of likely N-dealkylation sites (N-methyl/N-ethyl adjacent to an activating group) is 1. The number of hydrogen-bond acceptors (Lipinski definition) is 2. The zero-order valence-corrected chi connectivity index (χ0v) is 12.7. The molecule has 1 saturated heterocycles. The predicted octanol–water partition coefficient (Wildman–Crippen LogP) is 3.72. The van der Waals surface area contributed by atoms with Crippen molar-refractivity contribution < 1.29 is 0 Å². The van der Waals surface area contributed by atoms with Crippen molar-refractivity contribution in [2.45, 2.75) is 25.8 Å². The molecule has 2 atom stereocenters. The van der Waals surface area contributed by atoms with Crippen LogP contribution in [0.5, 0.6) is 0 Å². The lowest BCUT2D eigenvalue weighted by Gasteiger charge is -2.24. The molecule has 17 heavy (non-hydrogen) atoms. The third-order valence-corrected chi connectivity index (χ3v) is 5.36. The van der Waals surface area contributed by atoms with Crippen molar-refractivity contribution in [1.82, 2.24) is 5.32 Å². The molecule has 1 aromatic rings. The van der Waals surface area contributed by atoms with Gasteiger partial charge in [-0.25, -0.2) is 0 Å². The van der Waals surface area contributed by atoms with Gasteiger partial charge in [-0.15, -0.1) is 0 Å². The number of hydrogen-bond donors (Lipinski definition) is 1. The molecule has 1 aliphatic heterocycles. The molecule has 0 saturated carbocycles. The fourth-order valence-corrected chi connectivity index (χ4v) is 4.22. The maximum absolute atomic E-state index is 3.67. The highest BCUT2D eigenvalue weighted by molar-refractivity contribution is 9.10. The van der Waals surface area contributed by atoms with Gasteiger partial charge in [0.1, 0.15) is 0 Å². The minimum Gasteiger partial charge on any atom is -0.314 e. The van der Waals surface area contributed by atoms with E-state index >= 15 is 0 Å². The van der Waals surface area contributed by atoms with Gasteiger partial charge >= 0.3 is 0 Å². The van der Waals surface area contributed by atoms with Crippen LogP contribution in [0, 0.1) is 5.92 Å². The smallest absolute Gasteiger partial charge is 0.0207 e. The molecule has 2 unspecified atom stereocenters. The largest absolute Gasteiger partial charge is 0.314 e. The van der Waals surface area contributed by atoms with Crippen LogP contribution in [0.4, 0.5) is 0 Å². The maximum Gasteiger partial charge on any atom is 0.0207 e. The molecule has 0 aromatic heterocycles. The van der Waals surface area contributed by atoms with Crippen LogP contribution in [0.2, 0.25) is 0 Å². The molecule has 0 bridgehead atoms. The van der Waals surface area contributed by atoms with E-state index in [2.05, 4.69) is 64.2 Å². The van der Waals surface area contributed by atoms with E-state index in [1.54, 1.807) is 0 Å². The van der Waals surface area contributed by atoms with Crippen LogP contribution in [-0.2, 0) is 6.42 Å². The van der Waals surface area contributed by atoms with Gasteiger partial charge in [0.2, 0.25) is 0 Å². The lowest BCUT2D eigenvalue weighted by molar-refractivity contribution is 0.386. The van der Waals surface area contributed by atoms with E-state index in [9.17, 15) is 0 Å². The van der Waals surface area contributed by atoms with Gasteiger partial charge in [0.15, 0.2) is 0 Å². The fourth-order valence-electron chi connectivity index (χ4n) is 2.44. The van der Waals surface area contributed by atoms with Crippen LogP contribution >= 0.6 is 27.7 Å². The summed E-state index contributed by atoms with van der Waals surface area (Å²) in [6.45, 7) is 3.27. The first-order chi connectivity index (χ1) is 8.31. The molecule has 0 spiro atoms. The van der Waals surface area contributed by atoms with E-state index in [-0.39, 0.29) is 0 Å². The van der Waals surface area contributed by atoms with Crippen LogP contribution in [0.25, 0.3) is 0 Å². The molecule has 0 aliphatic carbocycles. The molecule has 1 aromatic carbocycles. The van der Waals surface area contributed by atoms with E-state index in [1.165, 1.54) is 28.0 Å². The Labute approximate surface area is 117 Å². The second-order valence-corrected chi connectivity index (χ2v) is 6.59. The molecule has 0 amide bonds. The van der Waals surface area contributed by atoms with Crippen molar-refractivity contribution in [1.29, 1.82) is 0 Å². The van der Waals surface area contributed by atoms with Crippen molar-refractivity contribution in [2.24, 2.45) is 5.92 Å². The number of halogens is 1. The summed E-state index contributed by atoms with van der Waals surface area (Å²) < 4.78 is 1.24. The maximum atomic E-state index is 3.67. The average molecular weight is 314 g/mol. The summed E-state index contributed by atoms with van der Waals surface area (Å²) in [7, 11) is 0. The molecule has 1 nitrogen and oxygen atoms in total. The Morgan fingerprint density at radius 3 is 2.94 bits per heavy atom. The van der Waals surface area contributed by atoms with Gasteiger partial charge < -0.3 is 5.32 Å². The number of benzene rings is 1. The van der Waals surface area contributed by atoms with Crippen molar-refractivity contribution in [2.75, 3.05) is 18.1 Å². The van der Waals surface area contributed by atoms with Gasteiger partial charge in [-0.05, 0) is 48.4 Å². The first-order valence-electron chi connectivity index (χ1n) is 6.35. The standard InChI is InChI=1S/C14H20BrNS/c1-2-16-14(12-7-8-17-10-12)9-11-5-3-4-6-13(11)15/h3-6,12,14,16H,2,7-10H2,1H3. The topological polar surface area (TPSA) is 12.0 Å². The van der Waals surface area contributed by atoms with E-state index < -0.39 is 0 Å². The third kappa shape index (κ3) is 3.73. The van der Waals surface area contributed by atoms with Crippen LogP contribution in [-0.4, -0.2) is 24.1 Å². The fraction of sp³-hybridized carbons (Fsp3) is 0.571. The van der Waals surface area contributed by atoms with E-state index in [4.69, 9.17) is 0 Å². The first-order valence-corrected chi connectivity index (χ1v) is 8.30. The van der Waals surface area contributed by atoms with Crippen LogP contribution in [0.1, 0.15) is 18.9 Å². The molecule has 94 valence electrons. The highest BCUT2D eigenvalue weighted by Crippen LogP contribution is 2.29.